The molecule has 1 rings (SSSR count). The van der Waals surface area contributed by atoms with Crippen LogP contribution in [0.25, 0.3) is 0 Å². The average molecular weight is 291 g/mol. The maximum absolute atomic E-state index is 11.4. The summed E-state index contributed by atoms with van der Waals surface area (Å²) in [6.45, 7) is 6.13. The third-order valence-corrected chi connectivity index (χ3v) is 2.44. The van der Waals surface area contributed by atoms with E-state index in [1.165, 1.54) is 0 Å². The van der Waals surface area contributed by atoms with E-state index in [0.717, 1.165) is 0 Å². The Morgan fingerprint density at radius 2 is 1.94 bits per heavy atom. The Morgan fingerprint density at radius 3 is 2.50 bits per heavy atom. The van der Waals surface area contributed by atoms with Crippen molar-refractivity contribution in [1.29, 1.82) is 0 Å². The van der Waals surface area contributed by atoms with Crippen molar-refractivity contribution in [3.05, 3.63) is 28.2 Å². The zero-order valence-electron chi connectivity index (χ0n) is 10.6. The summed E-state index contributed by atoms with van der Waals surface area (Å²) in [7, 11) is 0. The van der Waals surface area contributed by atoms with Gasteiger partial charge in [-0.3, -0.25) is 0 Å². The molecule has 1 aromatic rings. The largest absolute Gasteiger partial charge is 0.480 e. The number of carbonyl (C=O) groups is 1. The Bertz CT molecular complexity index is 425. The van der Waals surface area contributed by atoms with Gasteiger partial charge in [0.15, 0.2) is 6.61 Å². The zero-order valence-corrected chi connectivity index (χ0v) is 12.1. The monoisotopic (exact) mass is 290 g/mol. The first-order valence-corrected chi connectivity index (χ1v) is 6.27. The molecule has 0 aliphatic carbocycles. The first-order valence-electron chi connectivity index (χ1n) is 5.51. The van der Waals surface area contributed by atoms with E-state index in [-0.39, 0.29) is 12.0 Å². The molecular weight excluding hydrogens is 275 g/mol. The number of carbonyl (C=O) groups excluding carboxylic acids is 1. The fraction of sp³-hybridized carbons (Fsp3) is 0.462. The van der Waals surface area contributed by atoms with E-state index in [1.54, 1.807) is 18.2 Å². The number of esters is 1. The number of benzene rings is 1. The molecule has 0 saturated carbocycles. The minimum Gasteiger partial charge on any atom is -0.480 e. The van der Waals surface area contributed by atoms with Crippen molar-refractivity contribution in [1.82, 2.24) is 0 Å². The molecule has 0 spiro atoms. The molecular formula is C13H16Cl2O3. The van der Waals surface area contributed by atoms with Crippen molar-refractivity contribution >= 4 is 29.2 Å². The van der Waals surface area contributed by atoms with Crippen LogP contribution in [-0.2, 0) is 9.53 Å². The van der Waals surface area contributed by atoms with Gasteiger partial charge in [-0.2, -0.15) is 0 Å². The lowest BCUT2D eigenvalue weighted by Crippen LogP contribution is -2.22. The summed E-state index contributed by atoms with van der Waals surface area (Å²) in [5.41, 5.74) is -0.0619. The molecule has 0 aliphatic heterocycles. The highest BCUT2D eigenvalue weighted by atomic mass is 35.5. The van der Waals surface area contributed by atoms with Crippen LogP contribution in [0, 0.1) is 5.41 Å². The Morgan fingerprint density at radius 1 is 1.28 bits per heavy atom. The highest BCUT2D eigenvalue weighted by Gasteiger charge is 2.14. The summed E-state index contributed by atoms with van der Waals surface area (Å²) in [6.07, 6.45) is 0. The van der Waals surface area contributed by atoms with Gasteiger partial charge in [0.2, 0.25) is 0 Å². The molecule has 0 heterocycles. The number of halogens is 2. The zero-order chi connectivity index (χ0) is 13.8. The summed E-state index contributed by atoms with van der Waals surface area (Å²) in [5.74, 6) is -0.00952. The van der Waals surface area contributed by atoms with E-state index in [1.807, 2.05) is 20.8 Å². The van der Waals surface area contributed by atoms with E-state index in [9.17, 15) is 4.79 Å². The van der Waals surface area contributed by atoms with Crippen molar-refractivity contribution in [2.45, 2.75) is 20.8 Å². The second-order valence-electron chi connectivity index (χ2n) is 5.08. The second kappa shape index (κ2) is 6.30. The maximum atomic E-state index is 11.4. The summed E-state index contributed by atoms with van der Waals surface area (Å²) in [6, 6.07) is 4.81. The summed E-state index contributed by atoms with van der Waals surface area (Å²) >= 11 is 11.6. The number of rotatable bonds is 4. The minimum atomic E-state index is -0.420. The molecule has 0 unspecified atom stereocenters. The lowest BCUT2D eigenvalue weighted by molar-refractivity contribution is -0.148. The molecule has 0 aliphatic rings. The Balaban J connectivity index is 2.43. The van der Waals surface area contributed by atoms with Crippen LogP contribution in [0.5, 0.6) is 5.75 Å². The smallest absolute Gasteiger partial charge is 0.344 e. The first kappa shape index (κ1) is 15.1. The number of ether oxygens (including phenoxy) is 2. The molecule has 0 radical (unpaired) electrons. The van der Waals surface area contributed by atoms with Gasteiger partial charge in [-0.15, -0.1) is 0 Å². The van der Waals surface area contributed by atoms with Crippen molar-refractivity contribution in [3.8, 4) is 5.75 Å². The third-order valence-electron chi connectivity index (χ3n) is 1.91. The summed E-state index contributed by atoms with van der Waals surface area (Å²) in [4.78, 5) is 11.4. The SMILES string of the molecule is CC(C)(C)COC(=O)COc1ccc(Cl)cc1Cl. The van der Waals surface area contributed by atoms with Gasteiger partial charge in [-0.1, -0.05) is 44.0 Å². The van der Waals surface area contributed by atoms with Crippen molar-refractivity contribution in [2.24, 2.45) is 5.41 Å². The van der Waals surface area contributed by atoms with Crippen LogP contribution >= 0.6 is 23.2 Å². The van der Waals surface area contributed by atoms with E-state index in [4.69, 9.17) is 32.7 Å². The van der Waals surface area contributed by atoms with E-state index in [2.05, 4.69) is 0 Å². The van der Waals surface area contributed by atoms with Crippen molar-refractivity contribution in [2.75, 3.05) is 13.2 Å². The molecule has 0 saturated heterocycles. The van der Waals surface area contributed by atoms with Gasteiger partial charge < -0.3 is 9.47 Å². The summed E-state index contributed by atoms with van der Waals surface area (Å²) < 4.78 is 10.3. The molecule has 0 fully saturated rings. The predicted molar refractivity (Wildman–Crippen MR) is 72.4 cm³/mol. The van der Waals surface area contributed by atoms with Gasteiger partial charge in [0, 0.05) is 5.02 Å². The van der Waals surface area contributed by atoms with Crippen LogP contribution in [-0.4, -0.2) is 19.2 Å². The van der Waals surface area contributed by atoms with Gasteiger partial charge >= 0.3 is 5.97 Å². The maximum Gasteiger partial charge on any atom is 0.344 e. The Hall–Kier alpha value is -0.930. The van der Waals surface area contributed by atoms with Gasteiger partial charge in [0.1, 0.15) is 5.75 Å². The van der Waals surface area contributed by atoms with E-state index >= 15 is 0 Å². The predicted octanol–water partition coefficient (Wildman–Crippen LogP) is 3.96. The molecule has 100 valence electrons. The first-order chi connectivity index (χ1) is 8.28. The quantitative estimate of drug-likeness (QED) is 0.788. The third kappa shape index (κ3) is 5.61. The van der Waals surface area contributed by atoms with E-state index < -0.39 is 5.97 Å². The molecule has 5 heteroatoms. The minimum absolute atomic E-state index is 0.0619. The van der Waals surface area contributed by atoms with Crippen molar-refractivity contribution in [3.63, 3.8) is 0 Å². The average Bonchev–Trinajstić information content (AvgIpc) is 2.24. The Kier molecular flexibility index (Phi) is 5.29. The number of hydrogen-bond donors (Lipinski definition) is 0. The summed E-state index contributed by atoms with van der Waals surface area (Å²) in [5, 5.41) is 0.883. The molecule has 0 atom stereocenters. The van der Waals surface area contributed by atoms with Crippen LogP contribution in [0.2, 0.25) is 10.0 Å². The molecule has 0 bridgehead atoms. The van der Waals surface area contributed by atoms with Gasteiger partial charge in [0.25, 0.3) is 0 Å². The molecule has 0 aromatic heterocycles. The molecule has 3 nitrogen and oxygen atoms in total. The standard InChI is InChI=1S/C13H16Cl2O3/c1-13(2,3)8-18-12(16)7-17-11-5-4-9(14)6-10(11)15/h4-6H,7-8H2,1-3H3. The van der Waals surface area contributed by atoms with Crippen LogP contribution < -0.4 is 4.74 Å². The highest BCUT2D eigenvalue weighted by Crippen LogP contribution is 2.27. The van der Waals surface area contributed by atoms with Gasteiger partial charge in [-0.25, -0.2) is 4.79 Å². The van der Waals surface area contributed by atoms with Crippen LogP contribution in [0.1, 0.15) is 20.8 Å². The fourth-order valence-electron chi connectivity index (χ4n) is 1.07. The normalized spacial score (nSPS) is 11.2. The van der Waals surface area contributed by atoms with Gasteiger partial charge in [-0.05, 0) is 23.6 Å². The number of hydrogen-bond acceptors (Lipinski definition) is 3. The van der Waals surface area contributed by atoms with E-state index in [0.29, 0.717) is 22.4 Å². The Labute approximate surface area is 117 Å². The van der Waals surface area contributed by atoms with Gasteiger partial charge in [0.05, 0.1) is 11.6 Å². The lowest BCUT2D eigenvalue weighted by Gasteiger charge is -2.17. The van der Waals surface area contributed by atoms with Crippen molar-refractivity contribution < 1.29 is 14.3 Å². The fourth-order valence-corrected chi connectivity index (χ4v) is 1.53. The highest BCUT2D eigenvalue weighted by molar-refractivity contribution is 6.35. The van der Waals surface area contributed by atoms with Crippen LogP contribution in [0.15, 0.2) is 18.2 Å². The molecule has 0 amide bonds. The lowest BCUT2D eigenvalue weighted by atomic mass is 9.99. The molecule has 0 N–H and O–H groups in total. The molecule has 18 heavy (non-hydrogen) atoms. The topological polar surface area (TPSA) is 35.5 Å². The van der Waals surface area contributed by atoms with Crippen LogP contribution in [0.4, 0.5) is 0 Å². The molecule has 1 aromatic carbocycles. The second-order valence-corrected chi connectivity index (χ2v) is 5.93. The van der Waals surface area contributed by atoms with Crippen LogP contribution in [0.3, 0.4) is 0 Å².